The quantitative estimate of drug-likeness (QED) is 0.466. The van der Waals surface area contributed by atoms with Gasteiger partial charge in [-0.2, -0.15) is 10.5 Å². The van der Waals surface area contributed by atoms with Gasteiger partial charge in [0.2, 0.25) is 0 Å². The Bertz CT molecular complexity index is 1020. The Kier molecular flexibility index (Phi) is 9.46. The first-order chi connectivity index (χ1) is 16.5. The van der Waals surface area contributed by atoms with Gasteiger partial charge in [-0.25, -0.2) is 0 Å². The highest BCUT2D eigenvalue weighted by atomic mass is 16.5. The summed E-state index contributed by atoms with van der Waals surface area (Å²) < 4.78 is 11.9. The molecule has 34 heavy (non-hydrogen) atoms. The molecule has 1 unspecified atom stereocenters. The molecule has 0 aliphatic carbocycles. The van der Waals surface area contributed by atoms with E-state index in [2.05, 4.69) is 46.2 Å². The molecule has 1 atom stereocenters. The summed E-state index contributed by atoms with van der Waals surface area (Å²) in [7, 11) is 0. The van der Waals surface area contributed by atoms with Crippen LogP contribution in [0.25, 0.3) is 0 Å². The number of morpholine rings is 1. The Morgan fingerprint density at radius 3 is 2.47 bits per heavy atom. The molecule has 2 aromatic rings. The maximum absolute atomic E-state index is 11.6. The second-order valence-electron chi connectivity index (χ2n) is 8.54. The third kappa shape index (κ3) is 7.31. The maximum atomic E-state index is 11.6. The van der Waals surface area contributed by atoms with Crippen molar-refractivity contribution in [2.45, 2.75) is 39.3 Å². The number of benzene rings is 2. The number of carbonyl (C=O) groups is 1. The summed E-state index contributed by atoms with van der Waals surface area (Å²) in [5, 5.41) is 17.8. The third-order valence-corrected chi connectivity index (χ3v) is 5.93. The van der Waals surface area contributed by atoms with Gasteiger partial charge in [-0.15, -0.1) is 0 Å². The highest BCUT2D eigenvalue weighted by molar-refractivity contribution is 5.95. The van der Waals surface area contributed by atoms with Gasteiger partial charge in [-0.1, -0.05) is 12.1 Å². The predicted octanol–water partition coefficient (Wildman–Crippen LogP) is 4.11. The molecule has 3 rings (SSSR count). The van der Waals surface area contributed by atoms with Crippen LogP contribution in [0, 0.1) is 29.6 Å². The second kappa shape index (κ2) is 12.7. The summed E-state index contributed by atoms with van der Waals surface area (Å²) >= 11 is 0. The van der Waals surface area contributed by atoms with Crippen molar-refractivity contribution in [3.05, 3.63) is 59.2 Å². The zero-order valence-corrected chi connectivity index (χ0v) is 20.0. The van der Waals surface area contributed by atoms with Gasteiger partial charge in [0.05, 0.1) is 31.6 Å². The Hall–Kier alpha value is -3.39. The number of nitriles is 2. The van der Waals surface area contributed by atoms with Gasteiger partial charge in [-0.3, -0.25) is 9.69 Å². The highest BCUT2D eigenvalue weighted by Gasteiger charge is 2.21. The van der Waals surface area contributed by atoms with Crippen LogP contribution in [-0.2, 0) is 11.3 Å². The van der Waals surface area contributed by atoms with Crippen LogP contribution >= 0.6 is 0 Å². The Morgan fingerprint density at radius 2 is 1.85 bits per heavy atom. The molecule has 1 saturated heterocycles. The zero-order chi connectivity index (χ0) is 24.3. The fourth-order valence-electron chi connectivity index (χ4n) is 4.15. The van der Waals surface area contributed by atoms with Gasteiger partial charge >= 0.3 is 0 Å². The van der Waals surface area contributed by atoms with Gasteiger partial charge in [0.25, 0.3) is 0 Å². The number of rotatable bonds is 11. The molecule has 0 spiro atoms. The van der Waals surface area contributed by atoms with E-state index < -0.39 is 0 Å². The van der Waals surface area contributed by atoms with Crippen LogP contribution in [0.4, 0.5) is 5.69 Å². The van der Waals surface area contributed by atoms with Crippen molar-refractivity contribution in [3.8, 4) is 17.9 Å². The van der Waals surface area contributed by atoms with Gasteiger partial charge < -0.3 is 14.4 Å². The van der Waals surface area contributed by atoms with Crippen molar-refractivity contribution >= 4 is 11.5 Å². The monoisotopic (exact) mass is 460 g/mol. The van der Waals surface area contributed by atoms with Gasteiger partial charge in [-0.05, 0) is 55.3 Å². The molecule has 0 bridgehead atoms. The van der Waals surface area contributed by atoms with Crippen LogP contribution in [-0.4, -0.2) is 56.2 Å². The summed E-state index contributed by atoms with van der Waals surface area (Å²) in [5.74, 6) is 0.802. The summed E-state index contributed by atoms with van der Waals surface area (Å²) in [6.45, 7) is 8.32. The lowest BCUT2D eigenvalue weighted by molar-refractivity contribution is -0.0504. The molecule has 1 fully saturated rings. The van der Waals surface area contributed by atoms with E-state index in [-0.39, 0.29) is 11.9 Å². The normalized spacial score (nSPS) is 15.8. The molecule has 0 radical (unpaired) electrons. The second-order valence-corrected chi connectivity index (χ2v) is 8.54. The van der Waals surface area contributed by atoms with Crippen LogP contribution in [0.3, 0.4) is 0 Å². The van der Waals surface area contributed by atoms with E-state index in [0.29, 0.717) is 39.1 Å². The van der Waals surface area contributed by atoms with Gasteiger partial charge in [0.1, 0.15) is 18.5 Å². The first-order valence-electron chi connectivity index (χ1n) is 11.7. The Morgan fingerprint density at radius 1 is 1.15 bits per heavy atom. The average Bonchev–Trinajstić information content (AvgIpc) is 2.83. The summed E-state index contributed by atoms with van der Waals surface area (Å²) in [4.78, 5) is 16.1. The first-order valence-corrected chi connectivity index (χ1v) is 11.7. The molecule has 7 heteroatoms. The smallest absolute Gasteiger partial charge is 0.160 e. The third-order valence-electron chi connectivity index (χ3n) is 5.93. The molecule has 0 N–H and O–H groups in total. The summed E-state index contributed by atoms with van der Waals surface area (Å²) in [5.41, 5.74) is 3.88. The molecule has 0 amide bonds. The van der Waals surface area contributed by atoms with E-state index in [0.717, 1.165) is 42.2 Å². The fraction of sp³-hybridized carbons (Fsp3) is 0.444. The SMILES string of the molecule is CC(=O)c1ccc(OCC2CN(Cc3ccc(N(CCC#N)CCC#N)cc3)CCO2)cc1C. The van der Waals surface area contributed by atoms with Crippen LogP contribution in [0.1, 0.15) is 41.3 Å². The van der Waals surface area contributed by atoms with Crippen molar-refractivity contribution < 1.29 is 14.3 Å². The van der Waals surface area contributed by atoms with Crippen molar-refractivity contribution in [2.24, 2.45) is 0 Å². The van der Waals surface area contributed by atoms with Crippen LogP contribution in [0.15, 0.2) is 42.5 Å². The molecular weight excluding hydrogens is 428 g/mol. The van der Waals surface area contributed by atoms with Crippen LogP contribution < -0.4 is 9.64 Å². The zero-order valence-electron chi connectivity index (χ0n) is 20.0. The Balaban J connectivity index is 1.52. The van der Waals surface area contributed by atoms with Gasteiger partial charge in [0, 0.05) is 44.0 Å². The van der Waals surface area contributed by atoms with E-state index in [4.69, 9.17) is 20.0 Å². The molecule has 1 aliphatic heterocycles. The fourth-order valence-corrected chi connectivity index (χ4v) is 4.15. The van der Waals surface area contributed by atoms with Crippen molar-refractivity contribution in [3.63, 3.8) is 0 Å². The van der Waals surface area contributed by atoms with Crippen LogP contribution in [0.2, 0.25) is 0 Å². The summed E-state index contributed by atoms with van der Waals surface area (Å²) in [6.07, 6.45) is 0.851. The topological polar surface area (TPSA) is 89.6 Å². The van der Waals surface area contributed by atoms with E-state index >= 15 is 0 Å². The number of Topliss-reactive ketones (excluding diaryl/α,β-unsaturated/α-hetero) is 1. The minimum absolute atomic E-state index is 0.0201. The number of hydrogen-bond acceptors (Lipinski definition) is 7. The van der Waals surface area contributed by atoms with Crippen molar-refractivity contribution in [1.29, 1.82) is 10.5 Å². The lowest BCUT2D eigenvalue weighted by Gasteiger charge is -2.33. The number of nitrogens with zero attached hydrogens (tertiary/aromatic N) is 4. The van der Waals surface area contributed by atoms with Gasteiger partial charge in [0.15, 0.2) is 5.78 Å². The number of carbonyl (C=O) groups excluding carboxylic acids is 1. The summed E-state index contributed by atoms with van der Waals surface area (Å²) in [6, 6.07) is 18.3. The maximum Gasteiger partial charge on any atom is 0.160 e. The molecule has 7 nitrogen and oxygen atoms in total. The largest absolute Gasteiger partial charge is 0.491 e. The standard InChI is InChI=1S/C27H32N4O3/c1-21-17-25(9-10-27(21)22(2)32)34-20-26-19-30(15-16-33-26)18-23-5-7-24(8-6-23)31(13-3-11-28)14-4-12-29/h5-10,17,26H,3-4,13-16,18-20H2,1-2H3. The van der Waals surface area contributed by atoms with E-state index in [1.54, 1.807) is 6.92 Å². The molecule has 0 saturated carbocycles. The van der Waals surface area contributed by atoms with E-state index in [9.17, 15) is 4.79 Å². The molecule has 2 aromatic carbocycles. The minimum atomic E-state index is -0.0201. The van der Waals surface area contributed by atoms with Crippen LogP contribution in [0.5, 0.6) is 5.75 Å². The Labute approximate surface area is 202 Å². The molecule has 178 valence electrons. The first kappa shape index (κ1) is 25.2. The van der Waals surface area contributed by atoms with E-state index in [1.165, 1.54) is 5.56 Å². The number of ketones is 1. The minimum Gasteiger partial charge on any atom is -0.491 e. The molecular formula is C27H32N4O3. The number of aryl methyl sites for hydroxylation is 1. The number of ether oxygens (including phenoxy) is 2. The molecule has 1 aliphatic rings. The predicted molar refractivity (Wildman–Crippen MR) is 131 cm³/mol. The number of anilines is 1. The molecule has 0 aromatic heterocycles. The van der Waals surface area contributed by atoms with Crippen molar-refractivity contribution in [2.75, 3.05) is 44.3 Å². The highest BCUT2D eigenvalue weighted by Crippen LogP contribution is 2.20. The number of hydrogen-bond donors (Lipinski definition) is 0. The van der Waals surface area contributed by atoms with E-state index in [1.807, 2.05) is 25.1 Å². The van der Waals surface area contributed by atoms with Crippen molar-refractivity contribution in [1.82, 2.24) is 4.90 Å². The average molecular weight is 461 g/mol. The lowest BCUT2D eigenvalue weighted by atomic mass is 10.1. The molecule has 1 heterocycles. The lowest BCUT2D eigenvalue weighted by Crippen LogP contribution is -2.44.